The monoisotopic (exact) mass is 280 g/mol. The van der Waals surface area contributed by atoms with Gasteiger partial charge in [0.2, 0.25) is 5.91 Å². The van der Waals surface area contributed by atoms with Crippen molar-refractivity contribution in [3.63, 3.8) is 0 Å². The summed E-state index contributed by atoms with van der Waals surface area (Å²) in [7, 11) is 0. The fourth-order valence-corrected chi connectivity index (χ4v) is 2.97. The second-order valence-electron chi connectivity index (χ2n) is 5.35. The smallest absolute Gasteiger partial charge is 0.239 e. The number of nitrogens with two attached hydrogens (primary N) is 1. The van der Waals surface area contributed by atoms with Gasteiger partial charge in [-0.2, -0.15) is 0 Å². The molecule has 1 unspecified atom stereocenters. The molecule has 1 aliphatic carbocycles. The van der Waals surface area contributed by atoms with E-state index in [1.54, 1.807) is 0 Å². The molecule has 1 fully saturated rings. The summed E-state index contributed by atoms with van der Waals surface area (Å²) < 4.78 is 0. The summed E-state index contributed by atoms with van der Waals surface area (Å²) in [6, 6.07) is 7.10. The Morgan fingerprint density at radius 2 is 2.11 bits per heavy atom. The van der Waals surface area contributed by atoms with Gasteiger partial charge in [0, 0.05) is 10.7 Å². The topological polar surface area (TPSA) is 55.1 Å². The van der Waals surface area contributed by atoms with E-state index in [0.717, 1.165) is 12.1 Å². The molecule has 3 N–H and O–H groups in total. The van der Waals surface area contributed by atoms with Crippen LogP contribution in [-0.2, 0) is 4.79 Å². The molecule has 1 aliphatic rings. The molecule has 0 spiro atoms. The van der Waals surface area contributed by atoms with E-state index in [4.69, 9.17) is 17.3 Å². The van der Waals surface area contributed by atoms with E-state index in [1.807, 2.05) is 24.3 Å². The van der Waals surface area contributed by atoms with Crippen LogP contribution in [0.5, 0.6) is 0 Å². The summed E-state index contributed by atoms with van der Waals surface area (Å²) in [6.45, 7) is 0. The van der Waals surface area contributed by atoms with Crippen LogP contribution in [0.15, 0.2) is 24.3 Å². The highest BCUT2D eigenvalue weighted by Gasteiger charge is 2.22. The zero-order valence-electron chi connectivity index (χ0n) is 11.1. The van der Waals surface area contributed by atoms with Gasteiger partial charge in [-0.3, -0.25) is 4.79 Å². The number of hydrogen-bond acceptors (Lipinski definition) is 2. The van der Waals surface area contributed by atoms with Crippen LogP contribution in [0.2, 0.25) is 5.02 Å². The average molecular weight is 281 g/mol. The zero-order valence-corrected chi connectivity index (χ0v) is 11.8. The Kier molecular flexibility index (Phi) is 5.08. The predicted molar refractivity (Wildman–Crippen MR) is 79.2 cm³/mol. The van der Waals surface area contributed by atoms with E-state index >= 15 is 0 Å². The Hall–Kier alpha value is -1.22. The quantitative estimate of drug-likeness (QED) is 0.866. The normalized spacial score (nSPS) is 17.9. The average Bonchev–Trinajstić information content (AvgIpc) is 2.39. The molecule has 0 radical (unpaired) electrons. The predicted octanol–water partition coefficient (Wildman–Crippen LogP) is 3.58. The van der Waals surface area contributed by atoms with E-state index in [1.165, 1.54) is 32.1 Å². The highest BCUT2D eigenvalue weighted by atomic mass is 35.5. The Morgan fingerprint density at radius 1 is 1.37 bits per heavy atom. The Morgan fingerprint density at radius 3 is 2.74 bits per heavy atom. The standard InChI is InChI=1S/C15H21ClN2O/c16-12-7-4-8-13(10-12)18-14(15(17)19)9-11-5-2-1-3-6-11/h4,7-8,10-11,14,18H,1-3,5-6,9H2,(H2,17,19). The lowest BCUT2D eigenvalue weighted by Crippen LogP contribution is -2.37. The third kappa shape index (κ3) is 4.43. The number of anilines is 1. The van der Waals surface area contributed by atoms with Gasteiger partial charge in [0.15, 0.2) is 0 Å². The van der Waals surface area contributed by atoms with E-state index in [2.05, 4.69) is 5.32 Å². The maximum absolute atomic E-state index is 11.6. The maximum atomic E-state index is 11.6. The highest BCUT2D eigenvalue weighted by Crippen LogP contribution is 2.28. The maximum Gasteiger partial charge on any atom is 0.239 e. The number of halogens is 1. The number of carbonyl (C=O) groups excluding carboxylic acids is 1. The molecule has 1 saturated carbocycles. The van der Waals surface area contributed by atoms with Gasteiger partial charge in [0.25, 0.3) is 0 Å². The first kappa shape index (κ1) is 14.2. The minimum atomic E-state index is -0.304. The molecule has 104 valence electrons. The lowest BCUT2D eigenvalue weighted by atomic mass is 9.84. The summed E-state index contributed by atoms with van der Waals surface area (Å²) >= 11 is 5.94. The van der Waals surface area contributed by atoms with Crippen molar-refractivity contribution in [3.8, 4) is 0 Å². The fourth-order valence-electron chi connectivity index (χ4n) is 2.78. The van der Waals surface area contributed by atoms with Crippen molar-refractivity contribution in [1.29, 1.82) is 0 Å². The van der Waals surface area contributed by atoms with Crippen molar-refractivity contribution >= 4 is 23.2 Å². The summed E-state index contributed by atoms with van der Waals surface area (Å²) in [6.07, 6.45) is 7.10. The van der Waals surface area contributed by atoms with Crippen LogP contribution in [0.4, 0.5) is 5.69 Å². The van der Waals surface area contributed by atoms with Gasteiger partial charge in [-0.1, -0.05) is 49.8 Å². The SMILES string of the molecule is NC(=O)C(CC1CCCCC1)Nc1cccc(Cl)c1. The summed E-state index contributed by atoms with van der Waals surface area (Å²) in [5.41, 5.74) is 6.36. The van der Waals surface area contributed by atoms with Crippen LogP contribution < -0.4 is 11.1 Å². The molecule has 19 heavy (non-hydrogen) atoms. The van der Waals surface area contributed by atoms with Gasteiger partial charge in [0.1, 0.15) is 6.04 Å². The molecule has 1 amide bonds. The third-order valence-corrected chi connectivity index (χ3v) is 4.04. The molecule has 0 heterocycles. The van der Waals surface area contributed by atoms with Gasteiger partial charge in [-0.25, -0.2) is 0 Å². The van der Waals surface area contributed by atoms with E-state index in [0.29, 0.717) is 10.9 Å². The largest absolute Gasteiger partial charge is 0.374 e. The lowest BCUT2D eigenvalue weighted by Gasteiger charge is -2.26. The minimum Gasteiger partial charge on any atom is -0.374 e. The first-order chi connectivity index (χ1) is 9.15. The number of primary amides is 1. The molecule has 3 nitrogen and oxygen atoms in total. The molecule has 0 saturated heterocycles. The summed E-state index contributed by atoms with van der Waals surface area (Å²) in [4.78, 5) is 11.6. The molecule has 0 bridgehead atoms. The van der Waals surface area contributed by atoms with Crippen molar-refractivity contribution in [2.45, 2.75) is 44.6 Å². The molecular formula is C15H21ClN2O. The number of nitrogens with one attached hydrogen (secondary N) is 1. The number of rotatable bonds is 5. The molecule has 0 aliphatic heterocycles. The highest BCUT2D eigenvalue weighted by molar-refractivity contribution is 6.30. The number of hydrogen-bond donors (Lipinski definition) is 2. The van der Waals surface area contributed by atoms with Crippen LogP contribution in [-0.4, -0.2) is 11.9 Å². The molecule has 1 atom stereocenters. The zero-order chi connectivity index (χ0) is 13.7. The van der Waals surface area contributed by atoms with Crippen molar-refractivity contribution in [2.24, 2.45) is 11.7 Å². The molecule has 0 aromatic heterocycles. The second-order valence-corrected chi connectivity index (χ2v) is 5.79. The van der Waals surface area contributed by atoms with Crippen LogP contribution in [0, 0.1) is 5.92 Å². The molecule has 1 aromatic rings. The number of amides is 1. The van der Waals surface area contributed by atoms with Crippen molar-refractivity contribution in [2.75, 3.05) is 5.32 Å². The van der Waals surface area contributed by atoms with Gasteiger partial charge in [0.05, 0.1) is 0 Å². The van der Waals surface area contributed by atoms with Crippen LogP contribution in [0.1, 0.15) is 38.5 Å². The van der Waals surface area contributed by atoms with Crippen molar-refractivity contribution < 1.29 is 4.79 Å². The van der Waals surface area contributed by atoms with Crippen LogP contribution >= 0.6 is 11.6 Å². The van der Waals surface area contributed by atoms with Gasteiger partial charge >= 0.3 is 0 Å². The second kappa shape index (κ2) is 6.80. The van der Waals surface area contributed by atoms with Crippen LogP contribution in [0.3, 0.4) is 0 Å². The number of carbonyl (C=O) groups is 1. The van der Waals surface area contributed by atoms with Crippen LogP contribution in [0.25, 0.3) is 0 Å². The van der Waals surface area contributed by atoms with Crippen molar-refractivity contribution in [1.82, 2.24) is 0 Å². The molecule has 4 heteroatoms. The van der Waals surface area contributed by atoms with Crippen molar-refractivity contribution in [3.05, 3.63) is 29.3 Å². The Labute approximate surface area is 119 Å². The molecular weight excluding hydrogens is 260 g/mol. The lowest BCUT2D eigenvalue weighted by molar-refractivity contribution is -0.119. The molecule has 1 aromatic carbocycles. The van der Waals surface area contributed by atoms with Gasteiger partial charge in [-0.05, 0) is 30.5 Å². The first-order valence-electron chi connectivity index (χ1n) is 6.96. The Balaban J connectivity index is 1.97. The number of benzene rings is 1. The molecule has 2 rings (SSSR count). The van der Waals surface area contributed by atoms with E-state index in [9.17, 15) is 4.79 Å². The van der Waals surface area contributed by atoms with E-state index < -0.39 is 0 Å². The van der Waals surface area contributed by atoms with Gasteiger partial charge < -0.3 is 11.1 Å². The minimum absolute atomic E-state index is 0.287. The summed E-state index contributed by atoms with van der Waals surface area (Å²) in [5.74, 6) is 0.323. The third-order valence-electron chi connectivity index (χ3n) is 3.80. The fraction of sp³-hybridized carbons (Fsp3) is 0.533. The first-order valence-corrected chi connectivity index (χ1v) is 7.34. The Bertz CT molecular complexity index is 430. The van der Waals surface area contributed by atoms with Gasteiger partial charge in [-0.15, -0.1) is 0 Å². The van der Waals surface area contributed by atoms with E-state index in [-0.39, 0.29) is 11.9 Å². The summed E-state index contributed by atoms with van der Waals surface area (Å²) in [5, 5.41) is 3.87.